The molecule has 0 unspecified atom stereocenters. The molecule has 0 saturated heterocycles. The third kappa shape index (κ3) is 3.07. The van der Waals surface area contributed by atoms with Gasteiger partial charge in [0, 0.05) is 12.2 Å². The Morgan fingerprint density at radius 3 is 2.40 bits per heavy atom. The van der Waals surface area contributed by atoms with E-state index in [4.69, 9.17) is 15.3 Å². The van der Waals surface area contributed by atoms with Crippen molar-refractivity contribution >= 4 is 5.69 Å². The maximum absolute atomic E-state index is 9.04. The van der Waals surface area contributed by atoms with Crippen molar-refractivity contribution < 1.29 is 4.74 Å². The van der Waals surface area contributed by atoms with E-state index in [1.807, 2.05) is 18.2 Å². The lowest BCUT2D eigenvalue weighted by Crippen LogP contribution is -2.00. The molecule has 4 nitrogen and oxygen atoms in total. The maximum atomic E-state index is 9.04. The van der Waals surface area contributed by atoms with Crippen LogP contribution in [-0.2, 0) is 6.54 Å². The van der Waals surface area contributed by atoms with E-state index in [0.29, 0.717) is 23.4 Å². The molecule has 0 radical (unpaired) electrons. The molecule has 0 atom stereocenters. The first-order valence-corrected chi connectivity index (χ1v) is 6.08. The molecule has 0 amide bonds. The largest absolute Gasteiger partial charge is 0.495 e. The van der Waals surface area contributed by atoms with E-state index in [0.717, 1.165) is 11.3 Å². The van der Waals surface area contributed by atoms with Crippen LogP contribution >= 0.6 is 0 Å². The zero-order valence-corrected chi connectivity index (χ0v) is 11.1. The molecule has 98 valence electrons. The van der Waals surface area contributed by atoms with Crippen molar-refractivity contribution in [3.8, 4) is 17.9 Å². The number of methoxy groups -OCH3 is 1. The molecule has 1 N–H and O–H groups in total. The van der Waals surface area contributed by atoms with E-state index in [2.05, 4.69) is 17.5 Å². The molecule has 0 spiro atoms. The van der Waals surface area contributed by atoms with Crippen LogP contribution in [0.25, 0.3) is 0 Å². The van der Waals surface area contributed by atoms with Crippen LogP contribution in [0.4, 0.5) is 5.69 Å². The second-order valence-corrected chi connectivity index (χ2v) is 4.19. The number of hydrogen-bond donors (Lipinski definition) is 1. The van der Waals surface area contributed by atoms with E-state index in [-0.39, 0.29) is 0 Å². The van der Waals surface area contributed by atoms with Gasteiger partial charge in [-0.3, -0.25) is 0 Å². The van der Waals surface area contributed by atoms with Crippen LogP contribution in [0.5, 0.6) is 5.75 Å². The maximum Gasteiger partial charge on any atom is 0.136 e. The first-order valence-electron chi connectivity index (χ1n) is 6.08. The quantitative estimate of drug-likeness (QED) is 0.920. The van der Waals surface area contributed by atoms with Crippen LogP contribution in [0.3, 0.4) is 0 Å². The van der Waals surface area contributed by atoms with Crippen LogP contribution in [-0.4, -0.2) is 7.11 Å². The Morgan fingerprint density at radius 2 is 1.80 bits per heavy atom. The average Bonchev–Trinajstić information content (AvgIpc) is 2.53. The Kier molecular flexibility index (Phi) is 4.21. The van der Waals surface area contributed by atoms with Gasteiger partial charge in [0.1, 0.15) is 11.8 Å². The molecule has 0 saturated carbocycles. The lowest BCUT2D eigenvalue weighted by Gasteiger charge is -2.08. The van der Waals surface area contributed by atoms with Gasteiger partial charge in [0.05, 0.1) is 24.3 Å². The molecule has 0 aliphatic heterocycles. The molecule has 2 rings (SSSR count). The number of nitriles is 2. The molecule has 0 heterocycles. The molecule has 2 aromatic rings. The van der Waals surface area contributed by atoms with Crippen LogP contribution in [0, 0.1) is 22.7 Å². The highest BCUT2D eigenvalue weighted by Gasteiger charge is 2.03. The highest BCUT2D eigenvalue weighted by Crippen LogP contribution is 2.19. The van der Waals surface area contributed by atoms with E-state index < -0.39 is 0 Å². The predicted octanol–water partition coefficient (Wildman–Crippen LogP) is 3.05. The Bertz CT molecular complexity index is 678. The third-order valence-corrected chi connectivity index (χ3v) is 2.89. The molecule has 0 bridgehead atoms. The summed E-state index contributed by atoms with van der Waals surface area (Å²) in [5, 5.41) is 21.0. The van der Waals surface area contributed by atoms with Crippen molar-refractivity contribution in [2.75, 3.05) is 12.4 Å². The Balaban J connectivity index is 2.07. The zero-order chi connectivity index (χ0) is 14.4. The van der Waals surface area contributed by atoms with Crippen molar-refractivity contribution in [2.45, 2.75) is 6.54 Å². The van der Waals surface area contributed by atoms with Crippen molar-refractivity contribution in [3.63, 3.8) is 0 Å². The van der Waals surface area contributed by atoms with Crippen molar-refractivity contribution in [1.82, 2.24) is 0 Å². The molecule has 2 aromatic carbocycles. The van der Waals surface area contributed by atoms with Gasteiger partial charge in [0.15, 0.2) is 0 Å². The standard InChI is InChI=1S/C16H13N3O/c1-20-16-7-4-13(8-14(16)10-18)11-19-15-5-2-12(9-17)3-6-15/h2-8,19H,11H2,1H3. The van der Waals surface area contributed by atoms with Crippen LogP contribution in [0.1, 0.15) is 16.7 Å². The van der Waals surface area contributed by atoms with Crippen molar-refractivity contribution in [2.24, 2.45) is 0 Å². The molecule has 0 aromatic heterocycles. The summed E-state index contributed by atoms with van der Waals surface area (Å²) in [6.45, 7) is 0.602. The minimum absolute atomic E-state index is 0.520. The van der Waals surface area contributed by atoms with Gasteiger partial charge < -0.3 is 10.1 Å². The molecule has 20 heavy (non-hydrogen) atoms. The van der Waals surface area contributed by atoms with Crippen LogP contribution in [0.15, 0.2) is 42.5 Å². The number of rotatable bonds is 4. The van der Waals surface area contributed by atoms with E-state index >= 15 is 0 Å². The summed E-state index contributed by atoms with van der Waals surface area (Å²) in [6.07, 6.45) is 0. The predicted molar refractivity (Wildman–Crippen MR) is 76.2 cm³/mol. The molecule has 0 fully saturated rings. The van der Waals surface area contributed by atoms with Gasteiger partial charge in [-0.05, 0) is 42.0 Å². The normalized spacial score (nSPS) is 9.35. The van der Waals surface area contributed by atoms with Crippen LogP contribution in [0.2, 0.25) is 0 Å². The molecule has 0 aliphatic rings. The molecule has 0 aliphatic carbocycles. The van der Waals surface area contributed by atoms with E-state index in [1.165, 1.54) is 0 Å². The van der Waals surface area contributed by atoms with Gasteiger partial charge in [-0.25, -0.2) is 0 Å². The lowest BCUT2D eigenvalue weighted by atomic mass is 10.1. The second kappa shape index (κ2) is 6.26. The number of anilines is 1. The fourth-order valence-electron chi connectivity index (χ4n) is 1.82. The van der Waals surface area contributed by atoms with E-state index in [9.17, 15) is 0 Å². The summed E-state index contributed by atoms with van der Waals surface area (Å²) in [5.41, 5.74) is 3.07. The summed E-state index contributed by atoms with van der Waals surface area (Å²) < 4.78 is 5.11. The summed E-state index contributed by atoms with van der Waals surface area (Å²) in [4.78, 5) is 0. The number of nitrogens with one attached hydrogen (secondary N) is 1. The lowest BCUT2D eigenvalue weighted by molar-refractivity contribution is 0.413. The van der Waals surface area contributed by atoms with Gasteiger partial charge in [0.2, 0.25) is 0 Å². The topological polar surface area (TPSA) is 68.8 Å². The summed E-state index contributed by atoms with van der Waals surface area (Å²) >= 11 is 0. The summed E-state index contributed by atoms with van der Waals surface area (Å²) in [7, 11) is 1.55. The monoisotopic (exact) mass is 263 g/mol. The highest BCUT2D eigenvalue weighted by atomic mass is 16.5. The average molecular weight is 263 g/mol. The number of nitrogens with zero attached hydrogens (tertiary/aromatic N) is 2. The minimum atomic E-state index is 0.520. The molecule has 4 heteroatoms. The summed E-state index contributed by atoms with van der Waals surface area (Å²) in [6, 6.07) is 16.9. The van der Waals surface area contributed by atoms with Gasteiger partial charge in [-0.15, -0.1) is 0 Å². The highest BCUT2D eigenvalue weighted by molar-refractivity contribution is 5.49. The zero-order valence-electron chi connectivity index (χ0n) is 11.1. The number of ether oxygens (including phenoxy) is 1. The van der Waals surface area contributed by atoms with Crippen molar-refractivity contribution in [3.05, 3.63) is 59.2 Å². The van der Waals surface area contributed by atoms with Gasteiger partial charge in [-0.1, -0.05) is 6.07 Å². The third-order valence-electron chi connectivity index (χ3n) is 2.89. The fourth-order valence-corrected chi connectivity index (χ4v) is 1.82. The SMILES string of the molecule is COc1ccc(CNc2ccc(C#N)cc2)cc1C#N. The van der Waals surface area contributed by atoms with Gasteiger partial charge in [0.25, 0.3) is 0 Å². The Hall–Kier alpha value is -2.98. The first-order chi connectivity index (χ1) is 9.76. The van der Waals surface area contributed by atoms with Crippen molar-refractivity contribution in [1.29, 1.82) is 10.5 Å². The fraction of sp³-hybridized carbons (Fsp3) is 0.125. The van der Waals surface area contributed by atoms with Gasteiger partial charge in [-0.2, -0.15) is 10.5 Å². The first kappa shape index (κ1) is 13.5. The Labute approximate surface area is 117 Å². The number of hydrogen-bond acceptors (Lipinski definition) is 4. The molecular weight excluding hydrogens is 250 g/mol. The minimum Gasteiger partial charge on any atom is -0.495 e. The second-order valence-electron chi connectivity index (χ2n) is 4.19. The Morgan fingerprint density at radius 1 is 1.05 bits per heavy atom. The van der Waals surface area contributed by atoms with E-state index in [1.54, 1.807) is 31.4 Å². The number of benzene rings is 2. The van der Waals surface area contributed by atoms with Crippen LogP contribution < -0.4 is 10.1 Å². The van der Waals surface area contributed by atoms with Gasteiger partial charge >= 0.3 is 0 Å². The smallest absolute Gasteiger partial charge is 0.136 e. The summed E-state index contributed by atoms with van der Waals surface area (Å²) in [5.74, 6) is 0.578. The molecular formula is C16H13N3O.